The molecule has 0 saturated carbocycles. The quantitative estimate of drug-likeness (QED) is 0.531. The van der Waals surface area contributed by atoms with Gasteiger partial charge in [-0.05, 0) is 13.8 Å². The van der Waals surface area contributed by atoms with Crippen LogP contribution in [0.15, 0.2) is 30.3 Å². The summed E-state index contributed by atoms with van der Waals surface area (Å²) in [5, 5.41) is 6.73. The van der Waals surface area contributed by atoms with Crippen LogP contribution in [0.3, 0.4) is 0 Å². The van der Waals surface area contributed by atoms with Gasteiger partial charge in [0.25, 0.3) is 0 Å². The number of nitrogens with zero attached hydrogens (tertiary/aromatic N) is 3. The highest BCUT2D eigenvalue weighted by molar-refractivity contribution is 5.38. The number of benzene rings is 1. The zero-order chi connectivity index (χ0) is 19.8. The lowest BCUT2D eigenvalue weighted by Gasteiger charge is -2.06. The molecule has 2 heterocycles. The number of rotatable bonds is 5. The maximum atomic E-state index is 13.9. The predicted molar refractivity (Wildman–Crippen MR) is 86.2 cm³/mol. The van der Waals surface area contributed by atoms with Crippen LogP contribution in [-0.2, 0) is 19.8 Å². The molecule has 0 aliphatic rings. The molecule has 0 saturated heterocycles. The summed E-state index contributed by atoms with van der Waals surface area (Å²) in [5.74, 6) is -0.425. The van der Waals surface area contributed by atoms with Gasteiger partial charge in [-0.3, -0.25) is 4.68 Å². The Kier molecular flexibility index (Phi) is 4.81. The molecule has 10 heteroatoms. The number of hydrogen-bond donors (Lipinski definition) is 1. The van der Waals surface area contributed by atoms with E-state index in [0.717, 1.165) is 28.6 Å². The van der Waals surface area contributed by atoms with Gasteiger partial charge in [0.1, 0.15) is 23.0 Å². The molecule has 0 amide bonds. The molecule has 6 nitrogen and oxygen atoms in total. The smallest absolute Gasteiger partial charge is 0.433 e. The van der Waals surface area contributed by atoms with E-state index in [1.165, 1.54) is 13.0 Å². The van der Waals surface area contributed by atoms with E-state index in [4.69, 9.17) is 9.47 Å². The molecule has 0 bridgehead atoms. The fourth-order valence-corrected chi connectivity index (χ4v) is 2.54. The molecular formula is C17H17F4N4O2+. The number of hydrogen-bond acceptors (Lipinski definition) is 3. The van der Waals surface area contributed by atoms with Crippen molar-refractivity contribution in [3.05, 3.63) is 47.5 Å². The minimum atomic E-state index is -4.57. The summed E-state index contributed by atoms with van der Waals surface area (Å²) in [6, 6.07) is 6.02. The van der Waals surface area contributed by atoms with Crippen LogP contribution in [0, 0.1) is 12.7 Å². The Morgan fingerprint density at radius 2 is 1.78 bits per heavy atom. The summed E-state index contributed by atoms with van der Waals surface area (Å²) >= 11 is 0. The molecule has 0 spiro atoms. The molecule has 3 rings (SSSR count). The maximum Gasteiger partial charge on any atom is 0.433 e. The van der Waals surface area contributed by atoms with Crippen LogP contribution in [0.2, 0.25) is 0 Å². The van der Waals surface area contributed by atoms with Crippen molar-refractivity contribution in [2.24, 2.45) is 7.05 Å². The molecule has 0 radical (unpaired) electrons. The standard InChI is InChI=1S/C17H16F4N4O2/c1-4-25-14(17(19,20)21)9-15(23-25)26-12-6-11(18)7-13(8-12)27-16-5-10(2)22-24(16)3/h5-9H,4H2,1-3H3/p+1. The predicted octanol–water partition coefficient (Wildman–Crippen LogP) is 4.11. The minimum absolute atomic E-state index is 0.0130. The lowest BCUT2D eigenvalue weighted by Crippen LogP contribution is -2.31. The van der Waals surface area contributed by atoms with E-state index < -0.39 is 17.7 Å². The van der Waals surface area contributed by atoms with Gasteiger partial charge in [0.15, 0.2) is 7.05 Å². The van der Waals surface area contributed by atoms with Crippen LogP contribution in [0.5, 0.6) is 23.3 Å². The van der Waals surface area contributed by atoms with Gasteiger partial charge in [-0.2, -0.15) is 18.3 Å². The maximum absolute atomic E-state index is 13.9. The molecule has 1 aromatic carbocycles. The van der Waals surface area contributed by atoms with Crippen molar-refractivity contribution in [1.82, 2.24) is 14.9 Å². The molecule has 1 N–H and O–H groups in total. The monoisotopic (exact) mass is 385 g/mol. The highest BCUT2D eigenvalue weighted by Crippen LogP contribution is 2.34. The Bertz CT molecular complexity index is 962. The summed E-state index contributed by atoms with van der Waals surface area (Å²) < 4.78 is 66.2. The molecule has 0 aliphatic carbocycles. The topological polar surface area (TPSA) is 56.0 Å². The van der Waals surface area contributed by atoms with Gasteiger partial charge < -0.3 is 9.47 Å². The van der Waals surface area contributed by atoms with Gasteiger partial charge in [-0.1, -0.05) is 4.68 Å². The fourth-order valence-electron chi connectivity index (χ4n) is 2.54. The summed E-state index contributed by atoms with van der Waals surface area (Å²) in [4.78, 5) is 0. The van der Waals surface area contributed by atoms with Gasteiger partial charge in [-0.25, -0.2) is 4.39 Å². The highest BCUT2D eigenvalue weighted by Gasteiger charge is 2.36. The van der Waals surface area contributed by atoms with E-state index in [9.17, 15) is 17.6 Å². The number of H-pyrrole nitrogens is 1. The van der Waals surface area contributed by atoms with E-state index in [2.05, 4.69) is 10.2 Å². The number of aryl methyl sites for hydroxylation is 3. The van der Waals surface area contributed by atoms with Crippen molar-refractivity contribution in [1.29, 1.82) is 0 Å². The molecular weight excluding hydrogens is 368 g/mol. The normalized spacial score (nSPS) is 11.7. The van der Waals surface area contributed by atoms with Gasteiger partial charge in [0.2, 0.25) is 5.88 Å². The third-order valence-corrected chi connectivity index (χ3v) is 3.65. The van der Waals surface area contributed by atoms with Crippen molar-refractivity contribution >= 4 is 0 Å². The van der Waals surface area contributed by atoms with Gasteiger partial charge in [-0.15, -0.1) is 5.10 Å². The number of ether oxygens (including phenoxy) is 2. The first kappa shape index (κ1) is 18.7. The second kappa shape index (κ2) is 6.93. The van der Waals surface area contributed by atoms with E-state index in [0.29, 0.717) is 5.88 Å². The molecule has 0 aliphatic heterocycles. The number of aromatic amines is 1. The van der Waals surface area contributed by atoms with E-state index in [1.54, 1.807) is 17.8 Å². The van der Waals surface area contributed by atoms with Crippen molar-refractivity contribution in [2.75, 3.05) is 0 Å². The Balaban J connectivity index is 1.87. The Hall–Kier alpha value is -3.04. The average molecular weight is 385 g/mol. The molecule has 2 aromatic heterocycles. The van der Waals surface area contributed by atoms with Crippen LogP contribution in [0.4, 0.5) is 17.6 Å². The Morgan fingerprint density at radius 3 is 2.30 bits per heavy atom. The zero-order valence-electron chi connectivity index (χ0n) is 14.8. The summed E-state index contributed by atoms with van der Waals surface area (Å²) in [7, 11) is 1.72. The molecule has 3 aromatic rings. The number of alkyl halides is 3. The number of nitrogens with one attached hydrogen (secondary N) is 1. The summed E-state index contributed by atoms with van der Waals surface area (Å²) in [5.41, 5.74) is -0.104. The third kappa shape index (κ3) is 4.21. The van der Waals surface area contributed by atoms with Crippen molar-refractivity contribution in [3.8, 4) is 23.3 Å². The Labute approximate surface area is 151 Å². The first-order valence-electron chi connectivity index (χ1n) is 8.02. The van der Waals surface area contributed by atoms with E-state index in [1.807, 2.05) is 6.92 Å². The molecule has 0 unspecified atom stereocenters. The lowest BCUT2D eigenvalue weighted by atomic mass is 10.3. The molecule has 0 fully saturated rings. The second-order valence-corrected chi connectivity index (χ2v) is 5.84. The Morgan fingerprint density at radius 1 is 1.11 bits per heavy atom. The van der Waals surface area contributed by atoms with Crippen LogP contribution in [-0.4, -0.2) is 14.9 Å². The molecule has 144 valence electrons. The van der Waals surface area contributed by atoms with E-state index in [-0.39, 0.29) is 23.9 Å². The first-order valence-corrected chi connectivity index (χ1v) is 8.02. The van der Waals surface area contributed by atoms with Gasteiger partial charge in [0, 0.05) is 30.8 Å². The summed E-state index contributed by atoms with van der Waals surface area (Å²) in [6.45, 7) is 3.37. The van der Waals surface area contributed by atoms with Crippen LogP contribution < -0.4 is 14.2 Å². The summed E-state index contributed by atoms with van der Waals surface area (Å²) in [6.07, 6.45) is -4.57. The van der Waals surface area contributed by atoms with Crippen molar-refractivity contribution in [3.63, 3.8) is 0 Å². The van der Waals surface area contributed by atoms with Crippen LogP contribution >= 0.6 is 0 Å². The van der Waals surface area contributed by atoms with Crippen LogP contribution in [0.1, 0.15) is 18.3 Å². The lowest BCUT2D eigenvalue weighted by molar-refractivity contribution is -0.730. The first-order chi connectivity index (χ1) is 12.7. The second-order valence-electron chi connectivity index (χ2n) is 5.84. The van der Waals surface area contributed by atoms with Gasteiger partial charge in [0.05, 0.1) is 11.8 Å². The van der Waals surface area contributed by atoms with Crippen molar-refractivity contribution < 1.29 is 31.7 Å². The average Bonchev–Trinajstić information content (AvgIpc) is 3.09. The van der Waals surface area contributed by atoms with Crippen LogP contribution in [0.25, 0.3) is 0 Å². The number of aromatic nitrogens is 4. The minimum Gasteiger partial charge on any atom is -0.437 e. The largest absolute Gasteiger partial charge is 0.437 e. The van der Waals surface area contributed by atoms with Crippen molar-refractivity contribution in [2.45, 2.75) is 26.6 Å². The molecule has 0 atom stereocenters. The zero-order valence-corrected chi connectivity index (χ0v) is 14.8. The number of halogens is 4. The van der Waals surface area contributed by atoms with Gasteiger partial charge >= 0.3 is 12.1 Å². The fraction of sp³-hybridized carbons (Fsp3) is 0.294. The SMILES string of the molecule is CCn1nc(Oc2cc(F)cc(Oc3cc(C)[nH][n+]3C)c2)cc1C(F)(F)F. The molecule has 27 heavy (non-hydrogen) atoms. The third-order valence-electron chi connectivity index (χ3n) is 3.65. The van der Waals surface area contributed by atoms with E-state index >= 15 is 0 Å². The highest BCUT2D eigenvalue weighted by atomic mass is 19.4.